The van der Waals surface area contributed by atoms with Crippen LogP contribution in [0.25, 0.3) is 0 Å². The maximum Gasteiger partial charge on any atom is 0.312 e. The molecule has 7 nitrogen and oxygen atoms in total. The summed E-state index contributed by atoms with van der Waals surface area (Å²) in [6.07, 6.45) is 2.25. The van der Waals surface area contributed by atoms with Crippen LogP contribution in [0.3, 0.4) is 0 Å². The molecule has 0 aliphatic rings. The Kier molecular flexibility index (Phi) is 7.31. The van der Waals surface area contributed by atoms with Crippen LogP contribution >= 0.6 is 15.9 Å². The topological polar surface area (TPSA) is 86.5 Å². The van der Waals surface area contributed by atoms with Crippen LogP contribution in [0.5, 0.6) is 0 Å². The van der Waals surface area contributed by atoms with Gasteiger partial charge in [-0.05, 0) is 22.4 Å². The van der Waals surface area contributed by atoms with Crippen molar-refractivity contribution in [2.75, 3.05) is 38.8 Å². The van der Waals surface area contributed by atoms with Crippen molar-refractivity contribution in [3.8, 4) is 0 Å². The number of nitro groups is 1. The molecule has 0 unspecified atom stereocenters. The minimum Gasteiger partial charge on any atom is -0.382 e. The Hall–Kier alpha value is -1.25. The van der Waals surface area contributed by atoms with Crippen molar-refractivity contribution in [1.29, 1.82) is 0 Å². The summed E-state index contributed by atoms with van der Waals surface area (Å²) in [5, 5.41) is 13.8. The molecule has 0 amide bonds. The molecule has 0 aliphatic carbocycles. The van der Waals surface area contributed by atoms with Crippen molar-refractivity contribution in [2.24, 2.45) is 0 Å². The third-order valence-electron chi connectivity index (χ3n) is 2.22. The van der Waals surface area contributed by atoms with Gasteiger partial charge in [0, 0.05) is 37.0 Å². The Morgan fingerprint density at radius 3 is 2.95 bits per heavy atom. The average molecular weight is 334 g/mol. The van der Waals surface area contributed by atoms with Gasteiger partial charge < -0.3 is 14.8 Å². The summed E-state index contributed by atoms with van der Waals surface area (Å²) in [5.41, 5.74) is -0.0466. The highest BCUT2D eigenvalue weighted by molar-refractivity contribution is 9.10. The van der Waals surface area contributed by atoms with E-state index in [1.807, 2.05) is 0 Å². The SMILES string of the molecule is COCCOCCCNc1ncc(Br)cc1[N+](=O)[O-]. The van der Waals surface area contributed by atoms with E-state index in [1.54, 1.807) is 7.11 Å². The zero-order valence-corrected chi connectivity index (χ0v) is 12.2. The number of anilines is 1. The quantitative estimate of drug-likeness (QED) is 0.423. The smallest absolute Gasteiger partial charge is 0.312 e. The van der Waals surface area contributed by atoms with Gasteiger partial charge in [0.15, 0.2) is 0 Å². The Morgan fingerprint density at radius 2 is 2.26 bits per heavy atom. The standard InChI is InChI=1S/C11H16BrN3O4/c1-18-5-6-19-4-2-3-13-11-10(15(16)17)7-9(12)8-14-11/h7-8H,2-6H2,1H3,(H,13,14). The second kappa shape index (κ2) is 8.78. The van der Waals surface area contributed by atoms with E-state index in [4.69, 9.17) is 9.47 Å². The number of aromatic nitrogens is 1. The zero-order chi connectivity index (χ0) is 14.1. The van der Waals surface area contributed by atoms with Gasteiger partial charge in [-0.1, -0.05) is 0 Å². The molecule has 1 heterocycles. The summed E-state index contributed by atoms with van der Waals surface area (Å²) in [7, 11) is 1.61. The summed E-state index contributed by atoms with van der Waals surface area (Å²) in [4.78, 5) is 14.4. The molecule has 1 rings (SSSR count). The summed E-state index contributed by atoms with van der Waals surface area (Å²) in [6, 6.07) is 1.42. The molecular formula is C11H16BrN3O4. The maximum absolute atomic E-state index is 10.8. The largest absolute Gasteiger partial charge is 0.382 e. The first-order valence-electron chi connectivity index (χ1n) is 5.75. The van der Waals surface area contributed by atoms with Crippen molar-refractivity contribution in [2.45, 2.75) is 6.42 Å². The van der Waals surface area contributed by atoms with Crippen molar-refractivity contribution < 1.29 is 14.4 Å². The number of halogens is 1. The average Bonchev–Trinajstić information content (AvgIpc) is 2.39. The minimum absolute atomic E-state index is 0.0466. The second-order valence-corrected chi connectivity index (χ2v) is 4.58. The van der Waals surface area contributed by atoms with Crippen LogP contribution in [0.2, 0.25) is 0 Å². The van der Waals surface area contributed by atoms with Crippen LogP contribution in [0.15, 0.2) is 16.7 Å². The molecule has 0 spiro atoms. The molecular weight excluding hydrogens is 318 g/mol. The lowest BCUT2D eigenvalue weighted by molar-refractivity contribution is -0.384. The molecule has 8 heteroatoms. The van der Waals surface area contributed by atoms with Crippen LogP contribution in [-0.4, -0.2) is 43.4 Å². The number of ether oxygens (including phenoxy) is 2. The number of nitrogens with zero attached hydrogens (tertiary/aromatic N) is 2. The Labute approximate surface area is 119 Å². The molecule has 0 aromatic carbocycles. The van der Waals surface area contributed by atoms with E-state index in [1.165, 1.54) is 12.3 Å². The van der Waals surface area contributed by atoms with Gasteiger partial charge in [0.25, 0.3) is 0 Å². The van der Waals surface area contributed by atoms with E-state index < -0.39 is 4.92 Å². The van der Waals surface area contributed by atoms with Gasteiger partial charge in [-0.15, -0.1) is 0 Å². The third kappa shape index (κ3) is 5.95. The van der Waals surface area contributed by atoms with E-state index in [0.29, 0.717) is 30.8 Å². The Bertz CT molecular complexity index is 417. The van der Waals surface area contributed by atoms with Crippen molar-refractivity contribution in [1.82, 2.24) is 4.98 Å². The molecule has 106 valence electrons. The third-order valence-corrected chi connectivity index (χ3v) is 2.65. The van der Waals surface area contributed by atoms with Crippen LogP contribution in [-0.2, 0) is 9.47 Å². The molecule has 19 heavy (non-hydrogen) atoms. The highest BCUT2D eigenvalue weighted by Crippen LogP contribution is 2.24. The van der Waals surface area contributed by atoms with E-state index in [9.17, 15) is 10.1 Å². The highest BCUT2D eigenvalue weighted by Gasteiger charge is 2.15. The molecule has 1 N–H and O–H groups in total. The van der Waals surface area contributed by atoms with Gasteiger partial charge in [-0.2, -0.15) is 0 Å². The van der Waals surface area contributed by atoms with Gasteiger partial charge in [-0.3, -0.25) is 10.1 Å². The fourth-order valence-electron chi connectivity index (χ4n) is 1.33. The van der Waals surface area contributed by atoms with Crippen LogP contribution in [0, 0.1) is 10.1 Å². The molecule has 0 aliphatic heterocycles. The van der Waals surface area contributed by atoms with Crippen LogP contribution in [0.4, 0.5) is 11.5 Å². The number of hydrogen-bond donors (Lipinski definition) is 1. The van der Waals surface area contributed by atoms with Crippen molar-refractivity contribution in [3.05, 3.63) is 26.9 Å². The fraction of sp³-hybridized carbons (Fsp3) is 0.545. The summed E-state index contributed by atoms with van der Waals surface area (Å²) in [6.45, 7) is 2.24. The first-order chi connectivity index (χ1) is 9.15. The molecule has 0 fully saturated rings. The number of rotatable bonds is 9. The number of methoxy groups -OCH3 is 1. The monoisotopic (exact) mass is 333 g/mol. The molecule has 0 atom stereocenters. The molecule has 0 bridgehead atoms. The fourth-order valence-corrected chi connectivity index (χ4v) is 1.65. The normalized spacial score (nSPS) is 10.4. The number of pyridine rings is 1. The zero-order valence-electron chi connectivity index (χ0n) is 10.6. The van der Waals surface area contributed by atoms with Gasteiger partial charge in [0.1, 0.15) is 0 Å². The van der Waals surface area contributed by atoms with E-state index in [2.05, 4.69) is 26.2 Å². The lowest BCUT2D eigenvalue weighted by atomic mass is 10.3. The lowest BCUT2D eigenvalue weighted by Gasteiger charge is -2.07. The first kappa shape index (κ1) is 15.8. The molecule has 0 radical (unpaired) electrons. The predicted octanol–water partition coefficient (Wildman–Crippen LogP) is 2.22. The molecule has 0 saturated carbocycles. The van der Waals surface area contributed by atoms with E-state index >= 15 is 0 Å². The van der Waals surface area contributed by atoms with Crippen LogP contribution in [0.1, 0.15) is 6.42 Å². The van der Waals surface area contributed by atoms with E-state index in [0.717, 1.165) is 6.42 Å². The summed E-state index contributed by atoms with van der Waals surface area (Å²) < 4.78 is 10.7. The number of hydrogen-bond acceptors (Lipinski definition) is 6. The Morgan fingerprint density at radius 1 is 1.47 bits per heavy atom. The van der Waals surface area contributed by atoms with Gasteiger partial charge in [0.2, 0.25) is 5.82 Å². The summed E-state index contributed by atoms with van der Waals surface area (Å²) in [5.74, 6) is 0.269. The van der Waals surface area contributed by atoms with Crippen LogP contribution < -0.4 is 5.32 Å². The van der Waals surface area contributed by atoms with E-state index in [-0.39, 0.29) is 11.5 Å². The van der Waals surface area contributed by atoms with Crippen molar-refractivity contribution >= 4 is 27.4 Å². The number of nitrogens with one attached hydrogen (secondary N) is 1. The highest BCUT2D eigenvalue weighted by atomic mass is 79.9. The second-order valence-electron chi connectivity index (χ2n) is 3.66. The minimum atomic E-state index is -0.463. The molecule has 0 saturated heterocycles. The lowest BCUT2D eigenvalue weighted by Crippen LogP contribution is -2.10. The first-order valence-corrected chi connectivity index (χ1v) is 6.55. The van der Waals surface area contributed by atoms with Gasteiger partial charge >= 0.3 is 5.69 Å². The van der Waals surface area contributed by atoms with Gasteiger partial charge in [0.05, 0.1) is 18.1 Å². The molecule has 1 aromatic rings. The summed E-state index contributed by atoms with van der Waals surface area (Å²) >= 11 is 3.16. The predicted molar refractivity (Wildman–Crippen MR) is 74.4 cm³/mol. The Balaban J connectivity index is 2.35. The maximum atomic E-state index is 10.8. The van der Waals surface area contributed by atoms with Gasteiger partial charge in [-0.25, -0.2) is 4.98 Å². The molecule has 1 aromatic heterocycles. The van der Waals surface area contributed by atoms with Crippen molar-refractivity contribution in [3.63, 3.8) is 0 Å².